The highest BCUT2D eigenvalue weighted by Gasteiger charge is 2.15. The van der Waals surface area contributed by atoms with E-state index in [1.165, 1.54) is 16.9 Å². The number of rotatable bonds is 5. The molecule has 0 saturated carbocycles. The summed E-state index contributed by atoms with van der Waals surface area (Å²) in [7, 11) is 0. The second-order valence-electron chi connectivity index (χ2n) is 4.82. The Bertz CT molecular complexity index is 624. The molecule has 1 unspecified atom stereocenters. The van der Waals surface area contributed by atoms with E-state index in [1.807, 2.05) is 13.2 Å². The average Bonchev–Trinajstić information content (AvgIpc) is 2.78. The number of benzene rings is 1. The lowest BCUT2D eigenvalue weighted by atomic mass is 10.1. The number of carbonyl (C=O) groups is 1. The third-order valence-corrected chi connectivity index (χ3v) is 4.59. The van der Waals surface area contributed by atoms with Gasteiger partial charge in [-0.15, -0.1) is 0 Å². The molecule has 0 spiro atoms. The molecule has 0 bridgehead atoms. The van der Waals surface area contributed by atoms with Crippen LogP contribution in [0.15, 0.2) is 12.1 Å². The van der Waals surface area contributed by atoms with Crippen LogP contribution >= 0.6 is 23.1 Å². The smallest absolute Gasteiger partial charge is 0.243 e. The van der Waals surface area contributed by atoms with Gasteiger partial charge in [0.25, 0.3) is 0 Å². The molecule has 1 amide bonds. The second-order valence-corrected chi connectivity index (χ2v) is 6.84. The van der Waals surface area contributed by atoms with Crippen molar-refractivity contribution in [3.8, 4) is 0 Å². The molecule has 1 aromatic heterocycles. The maximum absolute atomic E-state index is 12.0. The highest BCUT2D eigenvalue weighted by molar-refractivity contribution is 7.98. The first-order valence-corrected chi connectivity index (χ1v) is 8.65. The molecular formula is C14H19N3OS2. The van der Waals surface area contributed by atoms with Crippen molar-refractivity contribution in [2.45, 2.75) is 26.3 Å². The Morgan fingerprint density at radius 1 is 1.50 bits per heavy atom. The summed E-state index contributed by atoms with van der Waals surface area (Å²) < 4.78 is 1.09. The highest BCUT2D eigenvalue weighted by atomic mass is 32.2. The molecule has 1 heterocycles. The van der Waals surface area contributed by atoms with E-state index in [1.54, 1.807) is 11.8 Å². The molecule has 0 radical (unpaired) electrons. The first kappa shape index (κ1) is 15.3. The molecule has 108 valence electrons. The van der Waals surface area contributed by atoms with Crippen molar-refractivity contribution in [1.29, 1.82) is 0 Å². The number of thioether (sulfide) groups is 1. The van der Waals surface area contributed by atoms with Crippen molar-refractivity contribution in [2.75, 3.05) is 17.3 Å². The van der Waals surface area contributed by atoms with Gasteiger partial charge < -0.3 is 11.1 Å². The highest BCUT2D eigenvalue weighted by Crippen LogP contribution is 2.29. The number of aryl methyl sites for hydroxylation is 2. The number of nitrogens with zero attached hydrogens (tertiary/aromatic N) is 1. The van der Waals surface area contributed by atoms with Crippen molar-refractivity contribution in [2.24, 2.45) is 5.73 Å². The van der Waals surface area contributed by atoms with Gasteiger partial charge in [0.15, 0.2) is 5.13 Å². The summed E-state index contributed by atoms with van der Waals surface area (Å²) in [6.07, 6.45) is 2.68. The lowest BCUT2D eigenvalue weighted by Gasteiger charge is -2.09. The normalized spacial score (nSPS) is 12.6. The molecule has 1 aromatic carbocycles. The van der Waals surface area contributed by atoms with Crippen molar-refractivity contribution >= 4 is 44.4 Å². The van der Waals surface area contributed by atoms with Crippen LogP contribution in [-0.2, 0) is 4.79 Å². The zero-order valence-corrected chi connectivity index (χ0v) is 13.5. The molecule has 3 N–H and O–H groups in total. The first-order chi connectivity index (χ1) is 9.51. The van der Waals surface area contributed by atoms with E-state index >= 15 is 0 Å². The van der Waals surface area contributed by atoms with Gasteiger partial charge in [-0.1, -0.05) is 17.4 Å². The van der Waals surface area contributed by atoms with Crippen LogP contribution in [-0.4, -0.2) is 28.9 Å². The summed E-state index contributed by atoms with van der Waals surface area (Å²) in [5.74, 6) is 0.722. The molecule has 20 heavy (non-hydrogen) atoms. The number of aromatic nitrogens is 1. The van der Waals surface area contributed by atoms with Crippen LogP contribution in [0.4, 0.5) is 5.13 Å². The van der Waals surface area contributed by atoms with Gasteiger partial charge in [0.1, 0.15) is 0 Å². The van der Waals surface area contributed by atoms with Gasteiger partial charge in [0.2, 0.25) is 5.91 Å². The van der Waals surface area contributed by atoms with Gasteiger partial charge in [-0.3, -0.25) is 4.79 Å². The van der Waals surface area contributed by atoms with Gasteiger partial charge >= 0.3 is 0 Å². The van der Waals surface area contributed by atoms with Crippen molar-refractivity contribution in [1.82, 2.24) is 4.98 Å². The summed E-state index contributed by atoms with van der Waals surface area (Å²) in [5.41, 5.74) is 9.13. The Kier molecular flexibility index (Phi) is 5.01. The lowest BCUT2D eigenvalue weighted by molar-refractivity contribution is -0.117. The fourth-order valence-electron chi connectivity index (χ4n) is 2.00. The number of carbonyl (C=O) groups excluding carboxylic acids is 1. The molecule has 0 aliphatic heterocycles. The third kappa shape index (κ3) is 3.50. The maximum Gasteiger partial charge on any atom is 0.243 e. The molecule has 4 nitrogen and oxygen atoms in total. The fourth-order valence-corrected chi connectivity index (χ4v) is 3.53. The Balaban J connectivity index is 2.14. The number of anilines is 1. The molecule has 0 aliphatic carbocycles. The van der Waals surface area contributed by atoms with E-state index < -0.39 is 6.04 Å². The van der Waals surface area contributed by atoms with E-state index in [4.69, 9.17) is 5.73 Å². The van der Waals surface area contributed by atoms with Gasteiger partial charge in [0.05, 0.1) is 16.3 Å². The van der Waals surface area contributed by atoms with Gasteiger partial charge in [-0.25, -0.2) is 4.98 Å². The number of nitrogens with two attached hydrogens (primary N) is 1. The zero-order valence-electron chi connectivity index (χ0n) is 11.9. The van der Waals surface area contributed by atoms with E-state index in [-0.39, 0.29) is 5.91 Å². The number of hydrogen-bond donors (Lipinski definition) is 2. The fraction of sp³-hybridized carbons (Fsp3) is 0.429. The van der Waals surface area contributed by atoms with Crippen LogP contribution < -0.4 is 11.1 Å². The van der Waals surface area contributed by atoms with Crippen LogP contribution in [0.1, 0.15) is 17.5 Å². The predicted octanol–water partition coefficient (Wildman–Crippen LogP) is 2.93. The first-order valence-electron chi connectivity index (χ1n) is 6.44. The van der Waals surface area contributed by atoms with E-state index in [0.29, 0.717) is 11.6 Å². The van der Waals surface area contributed by atoms with Crippen LogP contribution in [0, 0.1) is 13.8 Å². The molecule has 0 fully saturated rings. The third-order valence-electron chi connectivity index (χ3n) is 3.03. The van der Waals surface area contributed by atoms with Crippen LogP contribution in [0.2, 0.25) is 0 Å². The summed E-state index contributed by atoms with van der Waals surface area (Å²) in [6, 6.07) is 3.71. The molecular weight excluding hydrogens is 290 g/mol. The number of amides is 1. The van der Waals surface area contributed by atoms with E-state index in [9.17, 15) is 4.79 Å². The van der Waals surface area contributed by atoms with Crippen LogP contribution in [0.3, 0.4) is 0 Å². The summed E-state index contributed by atoms with van der Waals surface area (Å²) >= 11 is 3.18. The van der Waals surface area contributed by atoms with Crippen molar-refractivity contribution < 1.29 is 4.79 Å². The topological polar surface area (TPSA) is 68.0 Å². The zero-order chi connectivity index (χ0) is 14.7. The Labute approximate surface area is 127 Å². The van der Waals surface area contributed by atoms with E-state index in [2.05, 4.69) is 29.4 Å². The number of thiazole rings is 1. The van der Waals surface area contributed by atoms with Crippen molar-refractivity contribution in [3.05, 3.63) is 23.3 Å². The number of nitrogens with one attached hydrogen (secondary N) is 1. The number of hydrogen-bond acceptors (Lipinski definition) is 5. The lowest BCUT2D eigenvalue weighted by Crippen LogP contribution is -2.36. The average molecular weight is 309 g/mol. The number of fused-ring (bicyclic) bond motifs is 1. The van der Waals surface area contributed by atoms with Gasteiger partial charge in [-0.2, -0.15) is 11.8 Å². The SMILES string of the molecule is CSCCC(N)C(=O)Nc1nc2c(C)cc(C)cc2s1. The van der Waals surface area contributed by atoms with Gasteiger partial charge in [-0.05, 0) is 49.5 Å². The molecule has 0 aliphatic rings. The minimum absolute atomic E-state index is 0.160. The maximum atomic E-state index is 12.0. The standard InChI is InChI=1S/C14H19N3OS2/c1-8-6-9(2)12-11(7-8)20-14(16-12)17-13(18)10(15)4-5-19-3/h6-7,10H,4-5,15H2,1-3H3,(H,16,17,18). The summed E-state index contributed by atoms with van der Waals surface area (Å²) in [5, 5.41) is 3.44. The molecule has 0 saturated heterocycles. The minimum atomic E-state index is -0.475. The minimum Gasteiger partial charge on any atom is -0.320 e. The van der Waals surface area contributed by atoms with Gasteiger partial charge in [0, 0.05) is 0 Å². The molecule has 2 rings (SSSR count). The Morgan fingerprint density at radius 2 is 2.25 bits per heavy atom. The van der Waals surface area contributed by atoms with Crippen molar-refractivity contribution in [3.63, 3.8) is 0 Å². The predicted molar refractivity (Wildman–Crippen MR) is 88.7 cm³/mol. The molecule has 1 atom stereocenters. The second kappa shape index (κ2) is 6.56. The van der Waals surface area contributed by atoms with Crippen LogP contribution in [0.5, 0.6) is 0 Å². The van der Waals surface area contributed by atoms with E-state index in [0.717, 1.165) is 21.5 Å². The summed E-state index contributed by atoms with van der Waals surface area (Å²) in [4.78, 5) is 16.5. The Hall–Kier alpha value is -1.11. The summed E-state index contributed by atoms with van der Waals surface area (Å²) in [6.45, 7) is 4.09. The largest absolute Gasteiger partial charge is 0.320 e. The monoisotopic (exact) mass is 309 g/mol. The molecule has 6 heteroatoms. The Morgan fingerprint density at radius 3 is 2.95 bits per heavy atom. The quantitative estimate of drug-likeness (QED) is 0.891. The van der Waals surface area contributed by atoms with Crippen LogP contribution in [0.25, 0.3) is 10.2 Å². The molecule has 2 aromatic rings.